The predicted molar refractivity (Wildman–Crippen MR) is 50.7 cm³/mol. The van der Waals surface area contributed by atoms with Gasteiger partial charge in [-0.2, -0.15) is 0 Å². The Hall–Kier alpha value is -0.340. The summed E-state index contributed by atoms with van der Waals surface area (Å²) in [5, 5.41) is 9.32. The molecule has 2 nitrogen and oxygen atoms in total. The van der Waals surface area contributed by atoms with E-state index in [1.165, 1.54) is 0 Å². The molecule has 0 aromatic rings. The van der Waals surface area contributed by atoms with Crippen LogP contribution in [0.4, 0.5) is 0 Å². The Labute approximate surface area is 74.5 Å². The maximum atomic E-state index is 9.32. The van der Waals surface area contributed by atoms with Gasteiger partial charge in [-0.1, -0.05) is 26.0 Å². The lowest BCUT2D eigenvalue weighted by molar-refractivity contribution is 0.0897. The number of aliphatic hydroxyl groups is 1. The van der Waals surface area contributed by atoms with Crippen molar-refractivity contribution in [2.24, 2.45) is 17.1 Å². The summed E-state index contributed by atoms with van der Waals surface area (Å²) < 4.78 is 0. The van der Waals surface area contributed by atoms with Crippen LogP contribution in [-0.2, 0) is 0 Å². The maximum absolute atomic E-state index is 9.32. The molecule has 12 heavy (non-hydrogen) atoms. The summed E-state index contributed by atoms with van der Waals surface area (Å²) in [7, 11) is 0. The molecule has 0 fully saturated rings. The molecular weight excluding hydrogens is 150 g/mol. The van der Waals surface area contributed by atoms with E-state index in [-0.39, 0.29) is 18.1 Å². The van der Waals surface area contributed by atoms with E-state index in [0.717, 1.165) is 12.8 Å². The third kappa shape index (κ3) is 1.54. The number of nitrogens with two attached hydrogens (primary N) is 1. The fraction of sp³-hybridized carbons (Fsp3) is 0.800. The lowest BCUT2D eigenvalue weighted by Gasteiger charge is -2.35. The second-order valence-corrected chi connectivity index (χ2v) is 4.17. The quantitative estimate of drug-likeness (QED) is 0.625. The summed E-state index contributed by atoms with van der Waals surface area (Å²) in [5.74, 6) is 0.442. The largest absolute Gasteiger partial charge is 0.396 e. The predicted octanol–water partition coefficient (Wildman–Crippen LogP) is 1.30. The summed E-state index contributed by atoms with van der Waals surface area (Å²) in [5.41, 5.74) is 6.01. The molecule has 0 bridgehead atoms. The van der Waals surface area contributed by atoms with Crippen molar-refractivity contribution in [2.45, 2.75) is 32.7 Å². The number of hydrogen-bond donors (Lipinski definition) is 2. The van der Waals surface area contributed by atoms with E-state index in [9.17, 15) is 5.11 Å². The van der Waals surface area contributed by atoms with Crippen LogP contribution in [-0.4, -0.2) is 17.8 Å². The van der Waals surface area contributed by atoms with E-state index in [2.05, 4.69) is 26.0 Å². The molecule has 1 aliphatic carbocycles. The Morgan fingerprint density at radius 1 is 1.42 bits per heavy atom. The van der Waals surface area contributed by atoms with Crippen LogP contribution in [0.1, 0.15) is 26.7 Å². The summed E-state index contributed by atoms with van der Waals surface area (Å²) in [6.45, 7) is 4.43. The van der Waals surface area contributed by atoms with Gasteiger partial charge in [0.1, 0.15) is 0 Å². The SMILES string of the molecule is CC(C)[C@H](N)C1(CO)CC=CC1. The van der Waals surface area contributed by atoms with Crippen molar-refractivity contribution in [1.29, 1.82) is 0 Å². The van der Waals surface area contributed by atoms with Crippen molar-refractivity contribution in [2.75, 3.05) is 6.61 Å². The number of aliphatic hydroxyl groups excluding tert-OH is 1. The highest BCUT2D eigenvalue weighted by Gasteiger charge is 2.37. The van der Waals surface area contributed by atoms with E-state index in [0.29, 0.717) is 5.92 Å². The molecule has 1 aliphatic rings. The standard InChI is InChI=1S/C10H19NO/c1-8(2)9(11)10(7-12)5-3-4-6-10/h3-4,8-9,12H,5-7,11H2,1-2H3/t9-/m0/s1. The first kappa shape index (κ1) is 9.75. The molecule has 0 aromatic heterocycles. The molecule has 1 rings (SSSR count). The molecule has 0 spiro atoms. The van der Waals surface area contributed by atoms with Crippen LogP contribution in [0.25, 0.3) is 0 Å². The van der Waals surface area contributed by atoms with Crippen molar-refractivity contribution in [3.8, 4) is 0 Å². The van der Waals surface area contributed by atoms with Gasteiger partial charge in [0.25, 0.3) is 0 Å². The van der Waals surface area contributed by atoms with Gasteiger partial charge >= 0.3 is 0 Å². The minimum Gasteiger partial charge on any atom is -0.396 e. The van der Waals surface area contributed by atoms with Crippen LogP contribution in [0.3, 0.4) is 0 Å². The van der Waals surface area contributed by atoms with Crippen LogP contribution in [0.5, 0.6) is 0 Å². The van der Waals surface area contributed by atoms with E-state index >= 15 is 0 Å². The van der Waals surface area contributed by atoms with E-state index in [1.807, 2.05) is 0 Å². The topological polar surface area (TPSA) is 46.2 Å². The smallest absolute Gasteiger partial charge is 0.0508 e. The van der Waals surface area contributed by atoms with Crippen molar-refractivity contribution < 1.29 is 5.11 Å². The minimum absolute atomic E-state index is 0.0613. The second kappa shape index (κ2) is 3.58. The summed E-state index contributed by atoms with van der Waals surface area (Å²) in [6, 6.07) is 0.109. The van der Waals surface area contributed by atoms with E-state index in [4.69, 9.17) is 5.73 Å². The molecule has 1 atom stereocenters. The zero-order valence-electron chi connectivity index (χ0n) is 7.96. The summed E-state index contributed by atoms with van der Waals surface area (Å²) in [6.07, 6.45) is 6.11. The highest BCUT2D eigenvalue weighted by molar-refractivity contribution is 5.07. The molecule has 0 radical (unpaired) electrons. The van der Waals surface area contributed by atoms with Gasteiger partial charge in [-0.05, 0) is 18.8 Å². The van der Waals surface area contributed by atoms with Crippen LogP contribution in [0.2, 0.25) is 0 Å². The first-order valence-electron chi connectivity index (χ1n) is 4.64. The average Bonchev–Trinajstić information content (AvgIpc) is 2.52. The van der Waals surface area contributed by atoms with Gasteiger partial charge in [-0.25, -0.2) is 0 Å². The average molecular weight is 169 g/mol. The molecule has 0 saturated heterocycles. The molecule has 3 N–H and O–H groups in total. The van der Waals surface area contributed by atoms with Crippen molar-refractivity contribution >= 4 is 0 Å². The van der Waals surface area contributed by atoms with Gasteiger partial charge in [0.2, 0.25) is 0 Å². The first-order chi connectivity index (χ1) is 5.62. The second-order valence-electron chi connectivity index (χ2n) is 4.17. The lowest BCUT2D eigenvalue weighted by Crippen LogP contribution is -2.46. The van der Waals surface area contributed by atoms with Crippen molar-refractivity contribution in [3.05, 3.63) is 12.2 Å². The van der Waals surface area contributed by atoms with Gasteiger partial charge in [0.05, 0.1) is 6.61 Å². The van der Waals surface area contributed by atoms with Gasteiger partial charge in [-0.3, -0.25) is 0 Å². The molecule has 0 aromatic carbocycles. The fourth-order valence-corrected chi connectivity index (χ4v) is 1.93. The molecule has 0 heterocycles. The van der Waals surface area contributed by atoms with Crippen LogP contribution >= 0.6 is 0 Å². The van der Waals surface area contributed by atoms with Crippen LogP contribution in [0.15, 0.2) is 12.2 Å². The Morgan fingerprint density at radius 2 is 1.92 bits per heavy atom. The monoisotopic (exact) mass is 169 g/mol. The minimum atomic E-state index is -0.0613. The summed E-state index contributed by atoms with van der Waals surface area (Å²) in [4.78, 5) is 0. The van der Waals surface area contributed by atoms with Crippen LogP contribution in [0, 0.1) is 11.3 Å². The molecule has 0 unspecified atom stereocenters. The van der Waals surface area contributed by atoms with Gasteiger partial charge in [-0.15, -0.1) is 0 Å². The highest BCUT2D eigenvalue weighted by Crippen LogP contribution is 2.37. The molecule has 70 valence electrons. The van der Waals surface area contributed by atoms with Gasteiger partial charge in [0.15, 0.2) is 0 Å². The molecule has 0 amide bonds. The van der Waals surface area contributed by atoms with Crippen molar-refractivity contribution in [3.63, 3.8) is 0 Å². The normalized spacial score (nSPS) is 23.4. The number of allylic oxidation sites excluding steroid dienone is 2. The van der Waals surface area contributed by atoms with Crippen molar-refractivity contribution in [1.82, 2.24) is 0 Å². The molecule has 0 saturated carbocycles. The molecular formula is C10H19NO. The summed E-state index contributed by atoms with van der Waals surface area (Å²) >= 11 is 0. The van der Waals surface area contributed by atoms with Gasteiger partial charge < -0.3 is 10.8 Å². The number of rotatable bonds is 3. The molecule has 0 aliphatic heterocycles. The Morgan fingerprint density at radius 3 is 2.25 bits per heavy atom. The molecule has 2 heteroatoms. The number of hydrogen-bond acceptors (Lipinski definition) is 2. The third-order valence-corrected chi connectivity index (χ3v) is 2.96. The first-order valence-corrected chi connectivity index (χ1v) is 4.64. The zero-order chi connectivity index (χ0) is 9.19. The third-order valence-electron chi connectivity index (χ3n) is 2.96. The highest BCUT2D eigenvalue weighted by atomic mass is 16.3. The zero-order valence-corrected chi connectivity index (χ0v) is 7.96. The Kier molecular flexibility index (Phi) is 2.91. The van der Waals surface area contributed by atoms with E-state index in [1.54, 1.807) is 0 Å². The Bertz CT molecular complexity index is 167. The lowest BCUT2D eigenvalue weighted by atomic mass is 9.74. The van der Waals surface area contributed by atoms with E-state index < -0.39 is 0 Å². The van der Waals surface area contributed by atoms with Crippen LogP contribution < -0.4 is 5.73 Å². The van der Waals surface area contributed by atoms with Gasteiger partial charge in [0, 0.05) is 11.5 Å². The maximum Gasteiger partial charge on any atom is 0.0508 e. The Balaban J connectivity index is 2.67. The fourth-order valence-electron chi connectivity index (χ4n) is 1.93.